The van der Waals surface area contributed by atoms with E-state index in [1.54, 1.807) is 0 Å². The van der Waals surface area contributed by atoms with E-state index in [0.29, 0.717) is 12.8 Å². The Morgan fingerprint density at radius 3 is 1.96 bits per heavy atom. The van der Waals surface area contributed by atoms with Crippen molar-refractivity contribution in [2.24, 2.45) is 0 Å². The van der Waals surface area contributed by atoms with Gasteiger partial charge in [-0.15, -0.1) is 0 Å². The molecule has 2 N–H and O–H groups in total. The van der Waals surface area contributed by atoms with E-state index in [4.69, 9.17) is 14.9 Å². The highest BCUT2D eigenvalue weighted by molar-refractivity contribution is 5.21. The van der Waals surface area contributed by atoms with Crippen LogP contribution in [0.1, 0.15) is 70.0 Å². The Labute approximate surface area is 135 Å². The predicted octanol–water partition coefficient (Wildman–Crippen LogP) is 4.57. The lowest BCUT2D eigenvalue weighted by molar-refractivity contribution is -0.259. The molecule has 0 aliphatic heterocycles. The third kappa shape index (κ3) is 7.33. The molecule has 0 spiro atoms. The summed E-state index contributed by atoms with van der Waals surface area (Å²) in [6.45, 7) is 0.0871. The van der Waals surface area contributed by atoms with Crippen LogP contribution in [0.25, 0.3) is 0 Å². The lowest BCUT2D eigenvalue weighted by Gasteiger charge is -2.19. The summed E-state index contributed by atoms with van der Waals surface area (Å²) in [4.78, 5) is 0. The van der Waals surface area contributed by atoms with Crippen molar-refractivity contribution in [2.75, 3.05) is 0 Å². The Morgan fingerprint density at radius 2 is 1.43 bits per heavy atom. The van der Waals surface area contributed by atoms with Gasteiger partial charge in [0.15, 0.2) is 17.5 Å². The molecule has 6 heteroatoms. The van der Waals surface area contributed by atoms with Gasteiger partial charge in [-0.1, -0.05) is 51.9 Å². The maximum atomic E-state index is 13.3. The first-order chi connectivity index (χ1) is 11.0. The van der Waals surface area contributed by atoms with Gasteiger partial charge in [0.1, 0.15) is 0 Å². The number of unbranched alkanes of at least 4 members (excludes halogenated alkanes) is 6. The summed E-state index contributed by atoms with van der Waals surface area (Å²) in [6, 6.07) is 1.65. The summed E-state index contributed by atoms with van der Waals surface area (Å²) in [5, 5.41) is 17.9. The molecule has 1 unspecified atom stereocenters. The maximum Gasteiger partial charge on any atom is 0.267 e. The molecule has 0 radical (unpaired) electrons. The first kappa shape index (κ1) is 19.9. The summed E-state index contributed by atoms with van der Waals surface area (Å²) >= 11 is 0. The number of halogens is 3. The fourth-order valence-electron chi connectivity index (χ4n) is 2.51. The second kappa shape index (κ2) is 10.6. The van der Waals surface area contributed by atoms with Crippen LogP contribution in [0.5, 0.6) is 0 Å². The molecular formula is C17H25F3O3. The minimum Gasteiger partial charge on any atom is -0.346 e. The van der Waals surface area contributed by atoms with E-state index < -0.39 is 30.0 Å². The third-order valence-corrected chi connectivity index (χ3v) is 3.73. The Balaban J connectivity index is 2.56. The normalized spacial score (nSPS) is 12.8. The SMILES string of the molecule is CCCCCCCCCC(OC(O)O)c1cc(F)c(F)c(F)c1. The highest BCUT2D eigenvalue weighted by atomic mass is 19.2. The van der Waals surface area contributed by atoms with Crippen LogP contribution in [-0.4, -0.2) is 16.7 Å². The molecule has 0 saturated heterocycles. The summed E-state index contributed by atoms with van der Waals surface area (Å²) in [5.41, 5.74) is 0.0560. The smallest absolute Gasteiger partial charge is 0.267 e. The van der Waals surface area contributed by atoms with E-state index in [1.165, 1.54) is 19.3 Å². The fourth-order valence-corrected chi connectivity index (χ4v) is 2.51. The molecule has 23 heavy (non-hydrogen) atoms. The molecule has 1 rings (SSSR count). The van der Waals surface area contributed by atoms with Gasteiger partial charge in [0.2, 0.25) is 0 Å². The lowest BCUT2D eigenvalue weighted by Crippen LogP contribution is -2.16. The molecule has 1 aromatic carbocycles. The summed E-state index contributed by atoms with van der Waals surface area (Å²) in [7, 11) is 0. The number of hydrogen-bond acceptors (Lipinski definition) is 3. The van der Waals surface area contributed by atoms with Gasteiger partial charge >= 0.3 is 0 Å². The molecular weight excluding hydrogens is 309 g/mol. The van der Waals surface area contributed by atoms with Crippen molar-refractivity contribution in [3.8, 4) is 0 Å². The Hall–Kier alpha value is -1.11. The van der Waals surface area contributed by atoms with Crippen LogP contribution in [0.3, 0.4) is 0 Å². The topological polar surface area (TPSA) is 49.7 Å². The van der Waals surface area contributed by atoms with Crippen LogP contribution in [-0.2, 0) is 4.74 Å². The molecule has 1 aromatic rings. The third-order valence-electron chi connectivity index (χ3n) is 3.73. The first-order valence-electron chi connectivity index (χ1n) is 8.11. The maximum absolute atomic E-state index is 13.3. The standard InChI is InChI=1S/C17H25F3O3/c1-2-3-4-5-6-7-8-9-15(23-17(21)22)12-10-13(18)16(20)14(19)11-12/h10-11,15,17,21-22H,2-9H2,1H3. The van der Waals surface area contributed by atoms with Crippen LogP contribution in [0.2, 0.25) is 0 Å². The molecule has 0 aromatic heterocycles. The number of aliphatic hydroxyl groups excluding tert-OH is 1. The summed E-state index contributed by atoms with van der Waals surface area (Å²) in [6.07, 6.45) is 6.83. The minimum absolute atomic E-state index is 0.0560. The van der Waals surface area contributed by atoms with Gasteiger partial charge in [0, 0.05) is 0 Å². The van der Waals surface area contributed by atoms with E-state index in [0.717, 1.165) is 31.4 Å². The number of ether oxygens (including phenoxy) is 1. The van der Waals surface area contributed by atoms with E-state index >= 15 is 0 Å². The van der Waals surface area contributed by atoms with Gasteiger partial charge in [-0.05, 0) is 24.1 Å². The molecule has 0 aliphatic carbocycles. The molecule has 0 bridgehead atoms. The van der Waals surface area contributed by atoms with Crippen molar-refractivity contribution < 1.29 is 28.1 Å². The predicted molar refractivity (Wildman–Crippen MR) is 81.0 cm³/mol. The number of benzene rings is 1. The second-order valence-corrected chi connectivity index (χ2v) is 5.66. The number of rotatable bonds is 11. The average Bonchev–Trinajstić information content (AvgIpc) is 2.49. The molecule has 3 nitrogen and oxygen atoms in total. The van der Waals surface area contributed by atoms with E-state index in [-0.39, 0.29) is 5.56 Å². The van der Waals surface area contributed by atoms with Crippen LogP contribution in [0.4, 0.5) is 13.2 Å². The molecule has 0 amide bonds. The lowest BCUT2D eigenvalue weighted by atomic mass is 10.0. The van der Waals surface area contributed by atoms with Gasteiger partial charge in [0.25, 0.3) is 6.48 Å². The fraction of sp³-hybridized carbons (Fsp3) is 0.647. The zero-order valence-electron chi connectivity index (χ0n) is 13.4. The van der Waals surface area contributed by atoms with Crippen LogP contribution in [0, 0.1) is 17.5 Å². The summed E-state index contributed by atoms with van der Waals surface area (Å²) < 4.78 is 44.5. The Morgan fingerprint density at radius 1 is 0.913 bits per heavy atom. The van der Waals surface area contributed by atoms with E-state index in [1.807, 2.05) is 0 Å². The van der Waals surface area contributed by atoms with Gasteiger partial charge in [-0.2, -0.15) is 0 Å². The highest BCUT2D eigenvalue weighted by Crippen LogP contribution is 2.27. The summed E-state index contributed by atoms with van der Waals surface area (Å²) in [5.74, 6) is -4.19. The largest absolute Gasteiger partial charge is 0.346 e. The van der Waals surface area contributed by atoms with Gasteiger partial charge in [-0.25, -0.2) is 13.2 Å². The van der Waals surface area contributed by atoms with Crippen molar-refractivity contribution in [1.29, 1.82) is 0 Å². The Kier molecular flexibility index (Phi) is 9.21. The zero-order chi connectivity index (χ0) is 17.2. The van der Waals surface area contributed by atoms with Gasteiger partial charge < -0.3 is 14.9 Å². The quantitative estimate of drug-likeness (QED) is 0.354. The second-order valence-electron chi connectivity index (χ2n) is 5.66. The molecule has 0 fully saturated rings. The van der Waals surface area contributed by atoms with Crippen molar-refractivity contribution in [1.82, 2.24) is 0 Å². The zero-order valence-corrected chi connectivity index (χ0v) is 13.4. The number of aliphatic hydroxyl groups is 2. The van der Waals surface area contributed by atoms with Crippen molar-refractivity contribution in [3.05, 3.63) is 35.1 Å². The van der Waals surface area contributed by atoms with Crippen molar-refractivity contribution in [2.45, 2.75) is 70.9 Å². The monoisotopic (exact) mass is 334 g/mol. The van der Waals surface area contributed by atoms with Gasteiger partial charge in [-0.3, -0.25) is 0 Å². The molecule has 0 saturated carbocycles. The highest BCUT2D eigenvalue weighted by Gasteiger charge is 2.20. The minimum atomic E-state index is -2.05. The van der Waals surface area contributed by atoms with E-state index in [2.05, 4.69) is 6.92 Å². The molecule has 132 valence electrons. The van der Waals surface area contributed by atoms with Crippen molar-refractivity contribution >= 4 is 0 Å². The molecule has 0 heterocycles. The Bertz CT molecular complexity index is 443. The molecule has 0 aliphatic rings. The number of hydrogen-bond donors (Lipinski definition) is 2. The van der Waals surface area contributed by atoms with Crippen molar-refractivity contribution in [3.63, 3.8) is 0 Å². The first-order valence-corrected chi connectivity index (χ1v) is 8.11. The average molecular weight is 334 g/mol. The van der Waals surface area contributed by atoms with E-state index in [9.17, 15) is 13.2 Å². The molecule has 1 atom stereocenters. The van der Waals surface area contributed by atoms with Gasteiger partial charge in [0.05, 0.1) is 6.10 Å². The van der Waals surface area contributed by atoms with Crippen LogP contribution < -0.4 is 0 Å². The van der Waals surface area contributed by atoms with Crippen LogP contribution >= 0.6 is 0 Å². The van der Waals surface area contributed by atoms with Crippen LogP contribution in [0.15, 0.2) is 12.1 Å².